The Balaban J connectivity index is 2.17. The maximum absolute atomic E-state index is 11.5. The molecule has 15 heavy (non-hydrogen) atoms. The molecule has 1 saturated carbocycles. The van der Waals surface area contributed by atoms with Crippen LogP contribution < -0.4 is 5.32 Å². The van der Waals surface area contributed by atoms with Gasteiger partial charge in [0.05, 0.1) is 19.3 Å². The largest absolute Gasteiger partial charge is 0.464 e. The van der Waals surface area contributed by atoms with Crippen LogP contribution in [0.1, 0.15) is 25.7 Å². The molecule has 0 aromatic heterocycles. The molecule has 1 heterocycles. The van der Waals surface area contributed by atoms with Crippen molar-refractivity contribution in [1.82, 2.24) is 5.32 Å². The third kappa shape index (κ3) is 2.00. The predicted molar refractivity (Wildman–Crippen MR) is 55.3 cm³/mol. The van der Waals surface area contributed by atoms with E-state index in [4.69, 9.17) is 9.47 Å². The Bertz CT molecular complexity index is 305. The third-order valence-electron chi connectivity index (χ3n) is 3.15. The number of ether oxygens (including phenoxy) is 2. The van der Waals surface area contributed by atoms with E-state index < -0.39 is 0 Å². The highest BCUT2D eigenvalue weighted by Crippen LogP contribution is 2.48. The molecule has 2 aliphatic rings. The van der Waals surface area contributed by atoms with Crippen molar-refractivity contribution in [2.24, 2.45) is 0 Å². The van der Waals surface area contributed by atoms with E-state index in [1.54, 1.807) is 7.05 Å². The number of esters is 1. The van der Waals surface area contributed by atoms with Gasteiger partial charge in [-0.05, 0) is 24.8 Å². The maximum Gasteiger partial charge on any atom is 0.354 e. The number of hydrogen-bond donors (Lipinski definition) is 1. The minimum Gasteiger partial charge on any atom is -0.464 e. The van der Waals surface area contributed by atoms with Crippen LogP contribution >= 0.6 is 0 Å². The summed E-state index contributed by atoms with van der Waals surface area (Å²) in [5, 5.41) is 2.94. The molecule has 4 heteroatoms. The number of hydrogen-bond acceptors (Lipinski definition) is 4. The summed E-state index contributed by atoms with van der Waals surface area (Å²) in [6.07, 6.45) is 3.94. The highest BCUT2D eigenvalue weighted by atomic mass is 16.5. The van der Waals surface area contributed by atoms with Gasteiger partial charge >= 0.3 is 5.97 Å². The summed E-state index contributed by atoms with van der Waals surface area (Å²) in [6, 6.07) is 0. The number of likely N-dealkylation sites (N-methyl/N-ethyl adjacent to an activating group) is 1. The summed E-state index contributed by atoms with van der Waals surface area (Å²) in [5.74, 6) is -0.273. The summed E-state index contributed by atoms with van der Waals surface area (Å²) in [6.45, 7) is 0.720. The normalized spacial score (nSPS) is 26.0. The van der Waals surface area contributed by atoms with Gasteiger partial charge in [0.1, 0.15) is 5.70 Å². The second-order valence-electron chi connectivity index (χ2n) is 4.18. The molecule has 4 nitrogen and oxygen atoms in total. The van der Waals surface area contributed by atoms with Crippen LogP contribution in [0.15, 0.2) is 11.3 Å². The van der Waals surface area contributed by atoms with Crippen molar-refractivity contribution in [3.8, 4) is 0 Å². The Hall–Kier alpha value is -1.03. The lowest BCUT2D eigenvalue weighted by Crippen LogP contribution is -2.28. The molecule has 0 aromatic carbocycles. The lowest BCUT2D eigenvalue weighted by Gasteiger charge is -2.26. The van der Waals surface area contributed by atoms with Gasteiger partial charge in [0.25, 0.3) is 0 Å². The van der Waals surface area contributed by atoms with Gasteiger partial charge in [-0.2, -0.15) is 0 Å². The van der Waals surface area contributed by atoms with E-state index >= 15 is 0 Å². The molecule has 1 N–H and O–H groups in total. The SMILES string of the molecule is CN/C(C(=O)OC)=C1\CCOC2(CC2)C1. The number of methoxy groups -OCH3 is 1. The fraction of sp³-hybridized carbons (Fsp3) is 0.727. The molecule has 0 radical (unpaired) electrons. The Morgan fingerprint density at radius 2 is 2.27 bits per heavy atom. The number of nitrogens with one attached hydrogen (secondary N) is 1. The minimum absolute atomic E-state index is 0.0592. The molecular formula is C11H17NO3. The number of rotatable bonds is 2. The molecule has 0 atom stereocenters. The molecule has 2 rings (SSSR count). The van der Waals surface area contributed by atoms with E-state index in [0.29, 0.717) is 5.70 Å². The Labute approximate surface area is 89.6 Å². The second kappa shape index (κ2) is 3.85. The van der Waals surface area contributed by atoms with Crippen molar-refractivity contribution < 1.29 is 14.3 Å². The van der Waals surface area contributed by atoms with Crippen molar-refractivity contribution in [3.05, 3.63) is 11.3 Å². The van der Waals surface area contributed by atoms with Crippen LogP contribution in [0.4, 0.5) is 0 Å². The lowest BCUT2D eigenvalue weighted by molar-refractivity contribution is -0.136. The van der Waals surface area contributed by atoms with Crippen molar-refractivity contribution in [3.63, 3.8) is 0 Å². The molecule has 0 aromatic rings. The van der Waals surface area contributed by atoms with Gasteiger partial charge in [-0.15, -0.1) is 0 Å². The van der Waals surface area contributed by atoms with Gasteiger partial charge in [0, 0.05) is 13.5 Å². The Morgan fingerprint density at radius 1 is 1.53 bits per heavy atom. The first-order valence-electron chi connectivity index (χ1n) is 5.33. The first-order valence-corrected chi connectivity index (χ1v) is 5.33. The average molecular weight is 211 g/mol. The van der Waals surface area contributed by atoms with E-state index in [-0.39, 0.29) is 11.6 Å². The zero-order valence-electron chi connectivity index (χ0n) is 9.26. The van der Waals surface area contributed by atoms with Gasteiger partial charge in [0.2, 0.25) is 0 Å². The molecule has 1 aliphatic carbocycles. The van der Waals surface area contributed by atoms with Crippen LogP contribution in [0.3, 0.4) is 0 Å². The van der Waals surface area contributed by atoms with E-state index in [2.05, 4.69) is 5.32 Å². The fourth-order valence-electron chi connectivity index (χ4n) is 2.12. The molecule has 1 saturated heterocycles. The van der Waals surface area contributed by atoms with Crippen molar-refractivity contribution >= 4 is 5.97 Å². The van der Waals surface area contributed by atoms with Crippen molar-refractivity contribution in [2.45, 2.75) is 31.3 Å². The second-order valence-corrected chi connectivity index (χ2v) is 4.18. The zero-order valence-corrected chi connectivity index (χ0v) is 9.26. The van der Waals surface area contributed by atoms with Crippen LogP contribution in [0.5, 0.6) is 0 Å². The van der Waals surface area contributed by atoms with Gasteiger partial charge in [-0.1, -0.05) is 0 Å². The van der Waals surface area contributed by atoms with Crippen LogP contribution in [-0.2, 0) is 14.3 Å². The summed E-state index contributed by atoms with van der Waals surface area (Å²) in [4.78, 5) is 11.5. The average Bonchev–Trinajstić information content (AvgIpc) is 2.98. The number of carbonyl (C=O) groups excluding carboxylic acids is 1. The standard InChI is InChI=1S/C11H17NO3/c1-12-9(10(13)14-2)8-3-6-15-11(7-8)4-5-11/h12H,3-7H2,1-2H3/b9-8+. The quantitative estimate of drug-likeness (QED) is 0.546. The topological polar surface area (TPSA) is 47.6 Å². The predicted octanol–water partition coefficient (Wildman–Crippen LogP) is 0.976. The van der Waals surface area contributed by atoms with Gasteiger partial charge in [0.15, 0.2) is 0 Å². The molecule has 0 bridgehead atoms. The third-order valence-corrected chi connectivity index (χ3v) is 3.15. The van der Waals surface area contributed by atoms with Crippen LogP contribution in [-0.4, -0.2) is 32.3 Å². The summed E-state index contributed by atoms with van der Waals surface area (Å²) >= 11 is 0. The molecule has 84 valence electrons. The first kappa shape index (κ1) is 10.5. The van der Waals surface area contributed by atoms with E-state index in [9.17, 15) is 4.79 Å². The molecule has 2 fully saturated rings. The molecule has 0 amide bonds. The summed E-state index contributed by atoms with van der Waals surface area (Å²) < 4.78 is 10.4. The molecule has 0 unspecified atom stereocenters. The van der Waals surface area contributed by atoms with Crippen LogP contribution in [0, 0.1) is 0 Å². The van der Waals surface area contributed by atoms with Crippen molar-refractivity contribution in [2.75, 3.05) is 20.8 Å². The maximum atomic E-state index is 11.5. The highest BCUT2D eigenvalue weighted by molar-refractivity contribution is 5.88. The monoisotopic (exact) mass is 211 g/mol. The van der Waals surface area contributed by atoms with E-state index in [1.807, 2.05) is 0 Å². The molecular weight excluding hydrogens is 194 g/mol. The Kier molecular flexibility index (Phi) is 2.69. The highest BCUT2D eigenvalue weighted by Gasteiger charge is 2.47. The van der Waals surface area contributed by atoms with E-state index in [0.717, 1.165) is 37.9 Å². The first-order chi connectivity index (χ1) is 7.21. The summed E-state index contributed by atoms with van der Waals surface area (Å²) in [7, 11) is 3.17. The van der Waals surface area contributed by atoms with Gasteiger partial charge < -0.3 is 14.8 Å². The van der Waals surface area contributed by atoms with E-state index in [1.165, 1.54) is 7.11 Å². The smallest absolute Gasteiger partial charge is 0.354 e. The fourth-order valence-corrected chi connectivity index (χ4v) is 2.12. The lowest BCUT2D eigenvalue weighted by atomic mass is 9.98. The van der Waals surface area contributed by atoms with Gasteiger partial charge in [-0.25, -0.2) is 4.79 Å². The van der Waals surface area contributed by atoms with Gasteiger partial charge in [-0.3, -0.25) is 0 Å². The van der Waals surface area contributed by atoms with Crippen LogP contribution in [0.2, 0.25) is 0 Å². The van der Waals surface area contributed by atoms with Crippen LogP contribution in [0.25, 0.3) is 0 Å². The zero-order chi connectivity index (χ0) is 10.9. The molecule has 1 spiro atoms. The molecule has 1 aliphatic heterocycles. The van der Waals surface area contributed by atoms with Crippen molar-refractivity contribution in [1.29, 1.82) is 0 Å². The summed E-state index contributed by atoms with van der Waals surface area (Å²) in [5.41, 5.74) is 1.82. The number of carbonyl (C=O) groups is 1. The Morgan fingerprint density at radius 3 is 2.80 bits per heavy atom. The minimum atomic E-state index is -0.273.